The average Bonchev–Trinajstić information content (AvgIpc) is 2.85. The Hall–Kier alpha value is -0.640. The molecule has 0 aliphatic rings. The van der Waals surface area contributed by atoms with Crippen LogP contribution in [0.3, 0.4) is 0 Å². The number of thiophene rings is 1. The zero-order valence-electron chi connectivity index (χ0n) is 10.8. The molecule has 2 aromatic rings. The molecule has 0 saturated carbocycles. The Labute approximate surface area is 122 Å². The standard InChI is InChI=1S/C15H18BrNS/c1-12(10-15-4-3-9-18-15)17(2)11-13-5-7-14(16)8-6-13/h3-9,12H,10-11H2,1-2H3. The van der Waals surface area contributed by atoms with Gasteiger partial charge in [-0.3, -0.25) is 4.90 Å². The van der Waals surface area contributed by atoms with E-state index in [1.54, 1.807) is 0 Å². The third-order valence-electron chi connectivity index (χ3n) is 3.17. The van der Waals surface area contributed by atoms with E-state index in [1.165, 1.54) is 10.4 Å². The summed E-state index contributed by atoms with van der Waals surface area (Å²) in [5, 5.41) is 2.15. The first-order valence-electron chi connectivity index (χ1n) is 6.12. The van der Waals surface area contributed by atoms with Crippen LogP contribution in [0.4, 0.5) is 0 Å². The zero-order valence-corrected chi connectivity index (χ0v) is 13.2. The van der Waals surface area contributed by atoms with Crippen molar-refractivity contribution in [3.05, 3.63) is 56.7 Å². The first-order valence-corrected chi connectivity index (χ1v) is 7.79. The van der Waals surface area contributed by atoms with Crippen molar-refractivity contribution in [2.75, 3.05) is 7.05 Å². The molecule has 0 amide bonds. The summed E-state index contributed by atoms with van der Waals surface area (Å²) in [6.07, 6.45) is 1.13. The molecule has 1 unspecified atom stereocenters. The molecule has 0 bridgehead atoms. The largest absolute Gasteiger partial charge is 0.299 e. The second kappa shape index (κ2) is 6.50. The highest BCUT2D eigenvalue weighted by atomic mass is 79.9. The third kappa shape index (κ3) is 3.94. The number of hydrogen-bond acceptors (Lipinski definition) is 2. The second-order valence-corrected chi connectivity index (χ2v) is 6.62. The lowest BCUT2D eigenvalue weighted by Gasteiger charge is -2.24. The molecule has 3 heteroatoms. The van der Waals surface area contributed by atoms with Crippen LogP contribution in [0.5, 0.6) is 0 Å². The number of hydrogen-bond donors (Lipinski definition) is 0. The molecule has 1 atom stereocenters. The SMILES string of the molecule is CC(Cc1cccs1)N(C)Cc1ccc(Br)cc1. The van der Waals surface area contributed by atoms with Gasteiger partial charge in [0.1, 0.15) is 0 Å². The van der Waals surface area contributed by atoms with Gasteiger partial charge in [0, 0.05) is 21.9 Å². The van der Waals surface area contributed by atoms with Crippen molar-refractivity contribution in [1.29, 1.82) is 0 Å². The minimum absolute atomic E-state index is 0.562. The van der Waals surface area contributed by atoms with E-state index in [4.69, 9.17) is 0 Å². The summed E-state index contributed by atoms with van der Waals surface area (Å²) in [6.45, 7) is 3.29. The van der Waals surface area contributed by atoms with Gasteiger partial charge < -0.3 is 0 Å². The first-order chi connectivity index (χ1) is 8.65. The van der Waals surface area contributed by atoms with E-state index in [0.29, 0.717) is 6.04 Å². The molecule has 1 aromatic carbocycles. The van der Waals surface area contributed by atoms with Crippen molar-refractivity contribution in [2.45, 2.75) is 25.9 Å². The lowest BCUT2D eigenvalue weighted by molar-refractivity contribution is 0.249. The molecule has 96 valence electrons. The maximum atomic E-state index is 3.47. The highest BCUT2D eigenvalue weighted by Crippen LogP contribution is 2.16. The number of rotatable bonds is 5. The summed E-state index contributed by atoms with van der Waals surface area (Å²) in [5.41, 5.74) is 1.36. The lowest BCUT2D eigenvalue weighted by Crippen LogP contribution is -2.30. The van der Waals surface area contributed by atoms with Gasteiger partial charge in [0.15, 0.2) is 0 Å². The van der Waals surface area contributed by atoms with Crippen LogP contribution < -0.4 is 0 Å². The molecule has 0 N–H and O–H groups in total. The summed E-state index contributed by atoms with van der Waals surface area (Å²) < 4.78 is 1.14. The molecule has 1 aromatic heterocycles. The fraction of sp³-hybridized carbons (Fsp3) is 0.333. The van der Waals surface area contributed by atoms with Gasteiger partial charge in [-0.05, 0) is 49.5 Å². The monoisotopic (exact) mass is 323 g/mol. The normalized spacial score (nSPS) is 12.9. The molecule has 18 heavy (non-hydrogen) atoms. The number of nitrogens with zero attached hydrogens (tertiary/aromatic N) is 1. The Morgan fingerprint density at radius 1 is 1.22 bits per heavy atom. The second-order valence-electron chi connectivity index (χ2n) is 4.67. The van der Waals surface area contributed by atoms with Crippen molar-refractivity contribution in [3.63, 3.8) is 0 Å². The minimum Gasteiger partial charge on any atom is -0.299 e. The van der Waals surface area contributed by atoms with E-state index in [2.05, 4.69) is 76.6 Å². The van der Waals surface area contributed by atoms with Gasteiger partial charge in [0.05, 0.1) is 0 Å². The number of benzene rings is 1. The maximum absolute atomic E-state index is 3.47. The third-order valence-corrected chi connectivity index (χ3v) is 4.60. The predicted molar refractivity (Wildman–Crippen MR) is 83.1 cm³/mol. The van der Waals surface area contributed by atoms with E-state index in [-0.39, 0.29) is 0 Å². The zero-order chi connectivity index (χ0) is 13.0. The summed E-state index contributed by atoms with van der Waals surface area (Å²) in [7, 11) is 2.19. The van der Waals surface area contributed by atoms with E-state index in [0.717, 1.165) is 17.4 Å². The molecular weight excluding hydrogens is 306 g/mol. The molecule has 0 fully saturated rings. The van der Waals surface area contributed by atoms with Crippen molar-refractivity contribution in [1.82, 2.24) is 4.90 Å². The summed E-state index contributed by atoms with van der Waals surface area (Å²) in [6, 6.07) is 13.5. The quantitative estimate of drug-likeness (QED) is 0.778. The van der Waals surface area contributed by atoms with Crippen LogP contribution in [0.1, 0.15) is 17.4 Å². The molecule has 1 heterocycles. The van der Waals surface area contributed by atoms with Crippen LogP contribution in [0.2, 0.25) is 0 Å². The highest BCUT2D eigenvalue weighted by molar-refractivity contribution is 9.10. The van der Waals surface area contributed by atoms with Crippen LogP contribution in [0, 0.1) is 0 Å². The van der Waals surface area contributed by atoms with Crippen LogP contribution >= 0.6 is 27.3 Å². The highest BCUT2D eigenvalue weighted by Gasteiger charge is 2.10. The van der Waals surface area contributed by atoms with Gasteiger partial charge in [0.2, 0.25) is 0 Å². The summed E-state index contributed by atoms with van der Waals surface area (Å²) in [5.74, 6) is 0. The predicted octanol–water partition coefficient (Wildman–Crippen LogP) is 4.57. The van der Waals surface area contributed by atoms with Crippen molar-refractivity contribution >= 4 is 27.3 Å². The fourth-order valence-electron chi connectivity index (χ4n) is 1.91. The van der Waals surface area contributed by atoms with Crippen molar-refractivity contribution in [2.24, 2.45) is 0 Å². The topological polar surface area (TPSA) is 3.24 Å². The smallest absolute Gasteiger partial charge is 0.0233 e. The van der Waals surface area contributed by atoms with Crippen LogP contribution in [0.15, 0.2) is 46.3 Å². The van der Waals surface area contributed by atoms with Crippen molar-refractivity contribution in [3.8, 4) is 0 Å². The number of halogens is 1. The van der Waals surface area contributed by atoms with Crippen LogP contribution in [0.25, 0.3) is 0 Å². The minimum atomic E-state index is 0.562. The Morgan fingerprint density at radius 3 is 2.56 bits per heavy atom. The molecular formula is C15H18BrNS. The lowest BCUT2D eigenvalue weighted by atomic mass is 10.1. The van der Waals surface area contributed by atoms with Gasteiger partial charge >= 0.3 is 0 Å². The fourth-order valence-corrected chi connectivity index (χ4v) is 3.00. The molecule has 0 aliphatic heterocycles. The Morgan fingerprint density at radius 2 is 1.94 bits per heavy atom. The molecule has 0 spiro atoms. The first kappa shape index (κ1) is 13.8. The average molecular weight is 324 g/mol. The van der Waals surface area contributed by atoms with Crippen LogP contribution in [-0.2, 0) is 13.0 Å². The van der Waals surface area contributed by atoms with Crippen LogP contribution in [-0.4, -0.2) is 18.0 Å². The van der Waals surface area contributed by atoms with Gasteiger partial charge in [-0.1, -0.05) is 34.1 Å². The van der Waals surface area contributed by atoms with Crippen molar-refractivity contribution < 1.29 is 0 Å². The van der Waals surface area contributed by atoms with E-state index in [1.807, 2.05) is 11.3 Å². The molecule has 2 rings (SSSR count). The molecule has 1 nitrogen and oxygen atoms in total. The Kier molecular flexibility index (Phi) is 4.98. The number of likely N-dealkylation sites (N-methyl/N-ethyl adjacent to an activating group) is 1. The van der Waals surface area contributed by atoms with Gasteiger partial charge in [0.25, 0.3) is 0 Å². The Bertz CT molecular complexity index is 464. The van der Waals surface area contributed by atoms with Gasteiger partial charge in [-0.25, -0.2) is 0 Å². The Balaban J connectivity index is 1.90. The van der Waals surface area contributed by atoms with Gasteiger partial charge in [-0.2, -0.15) is 0 Å². The van der Waals surface area contributed by atoms with E-state index < -0.39 is 0 Å². The van der Waals surface area contributed by atoms with E-state index >= 15 is 0 Å². The maximum Gasteiger partial charge on any atom is 0.0233 e. The summed E-state index contributed by atoms with van der Waals surface area (Å²) in [4.78, 5) is 3.87. The summed E-state index contributed by atoms with van der Waals surface area (Å²) >= 11 is 5.31. The molecule has 0 radical (unpaired) electrons. The van der Waals surface area contributed by atoms with E-state index in [9.17, 15) is 0 Å². The van der Waals surface area contributed by atoms with Gasteiger partial charge in [-0.15, -0.1) is 11.3 Å². The molecule has 0 aliphatic carbocycles. The molecule has 0 saturated heterocycles.